The van der Waals surface area contributed by atoms with Gasteiger partial charge in [-0.2, -0.15) is 0 Å². The number of anilines is 1. The molecule has 0 saturated heterocycles. The van der Waals surface area contributed by atoms with Crippen LogP contribution in [0.15, 0.2) is 29.2 Å². The van der Waals surface area contributed by atoms with Gasteiger partial charge in [-0.25, -0.2) is 9.10 Å². The highest BCUT2D eigenvalue weighted by molar-refractivity contribution is 7.97. The average Bonchev–Trinajstić information content (AvgIpc) is 2.79. The molecule has 1 rings (SSSR count). The minimum Gasteiger partial charge on any atom is -0.443 e. The summed E-state index contributed by atoms with van der Waals surface area (Å²) in [5.41, 5.74) is 0.341. The Kier molecular flexibility index (Phi) is 19.8. The standard InChI is InChI=1S/C18H30N2O2S.C7H15NO.C2H6/c1-8-14(2)13-19(6)23-16-11-9-15(10-12-16)20(7)17(21)22-18(3,4)5;1-3-4-5-6-8(2)7-9;1-2/h9-12,14H,8,13H2,1-7H3;7H,3-6H2,1-2H3;1-2H3. The number of carbonyl (C=O) groups is 2. The molecule has 198 valence electrons. The molecule has 0 heterocycles. The van der Waals surface area contributed by atoms with E-state index in [9.17, 15) is 9.59 Å². The first kappa shape index (κ1) is 34.4. The van der Waals surface area contributed by atoms with Crippen molar-refractivity contribution in [2.45, 2.75) is 91.6 Å². The summed E-state index contributed by atoms with van der Waals surface area (Å²) in [7, 11) is 5.64. The summed E-state index contributed by atoms with van der Waals surface area (Å²) in [6.45, 7) is 18.2. The molecule has 1 aromatic rings. The number of amides is 2. The van der Waals surface area contributed by atoms with Gasteiger partial charge in [-0.05, 0) is 76.4 Å². The Balaban J connectivity index is 0. The molecule has 0 aromatic heterocycles. The lowest BCUT2D eigenvalue weighted by molar-refractivity contribution is -0.117. The molecule has 0 bridgehead atoms. The quantitative estimate of drug-likeness (QED) is 0.182. The maximum Gasteiger partial charge on any atom is 0.414 e. The number of ether oxygens (including phenoxy) is 1. The molecule has 1 aromatic carbocycles. The van der Waals surface area contributed by atoms with Crippen LogP contribution in [0.2, 0.25) is 0 Å². The van der Waals surface area contributed by atoms with E-state index in [0.29, 0.717) is 5.92 Å². The molecule has 0 aliphatic carbocycles. The van der Waals surface area contributed by atoms with Crippen LogP contribution in [0.4, 0.5) is 10.5 Å². The molecule has 0 saturated carbocycles. The number of unbranched alkanes of at least 4 members (excludes halogenated alkanes) is 2. The predicted octanol–water partition coefficient (Wildman–Crippen LogP) is 7.33. The van der Waals surface area contributed by atoms with E-state index in [1.54, 1.807) is 23.9 Å². The molecular formula is C27H51N3O3S. The van der Waals surface area contributed by atoms with Gasteiger partial charge >= 0.3 is 6.09 Å². The van der Waals surface area contributed by atoms with E-state index < -0.39 is 5.60 Å². The van der Waals surface area contributed by atoms with Gasteiger partial charge in [0.05, 0.1) is 0 Å². The molecular weight excluding hydrogens is 446 g/mol. The third-order valence-electron chi connectivity index (χ3n) is 4.71. The van der Waals surface area contributed by atoms with Gasteiger partial charge in [-0.15, -0.1) is 0 Å². The van der Waals surface area contributed by atoms with Gasteiger partial charge in [0.15, 0.2) is 0 Å². The summed E-state index contributed by atoms with van der Waals surface area (Å²) in [6, 6.07) is 7.97. The minimum absolute atomic E-state index is 0.341. The van der Waals surface area contributed by atoms with E-state index in [1.807, 2.05) is 65.9 Å². The Morgan fingerprint density at radius 1 is 1.06 bits per heavy atom. The first-order valence-corrected chi connectivity index (χ1v) is 13.3. The first-order chi connectivity index (χ1) is 15.9. The van der Waals surface area contributed by atoms with Crippen LogP contribution >= 0.6 is 11.9 Å². The Morgan fingerprint density at radius 2 is 1.62 bits per heavy atom. The Bertz CT molecular complexity index is 648. The van der Waals surface area contributed by atoms with Crippen LogP contribution < -0.4 is 4.90 Å². The van der Waals surface area contributed by atoms with Crippen molar-refractivity contribution in [3.8, 4) is 0 Å². The highest BCUT2D eigenvalue weighted by atomic mass is 32.2. The van der Waals surface area contributed by atoms with E-state index in [1.165, 1.54) is 24.2 Å². The summed E-state index contributed by atoms with van der Waals surface area (Å²) in [4.78, 5) is 26.5. The second-order valence-corrected chi connectivity index (χ2v) is 10.5. The van der Waals surface area contributed by atoms with E-state index in [-0.39, 0.29) is 6.09 Å². The van der Waals surface area contributed by atoms with Gasteiger partial charge in [0.2, 0.25) is 6.41 Å². The van der Waals surface area contributed by atoms with Crippen molar-refractivity contribution in [1.82, 2.24) is 9.21 Å². The normalized spacial score (nSPS) is 11.4. The van der Waals surface area contributed by atoms with Gasteiger partial charge in [0, 0.05) is 37.8 Å². The van der Waals surface area contributed by atoms with Crippen LogP contribution in [0.25, 0.3) is 0 Å². The monoisotopic (exact) mass is 497 g/mol. The molecule has 34 heavy (non-hydrogen) atoms. The number of hydrogen-bond acceptors (Lipinski definition) is 5. The topological polar surface area (TPSA) is 53.1 Å². The third kappa shape index (κ3) is 17.7. The zero-order chi connectivity index (χ0) is 26.7. The fourth-order valence-corrected chi connectivity index (χ4v) is 3.56. The second-order valence-electron chi connectivity index (χ2n) is 9.24. The highest BCUT2D eigenvalue weighted by Gasteiger charge is 2.20. The summed E-state index contributed by atoms with van der Waals surface area (Å²) < 4.78 is 7.63. The van der Waals surface area contributed by atoms with E-state index in [4.69, 9.17) is 4.74 Å². The zero-order valence-corrected chi connectivity index (χ0v) is 24.5. The molecule has 0 N–H and O–H groups in total. The predicted molar refractivity (Wildman–Crippen MR) is 149 cm³/mol. The van der Waals surface area contributed by atoms with Crippen molar-refractivity contribution in [1.29, 1.82) is 0 Å². The van der Waals surface area contributed by atoms with Crippen molar-refractivity contribution in [3.05, 3.63) is 24.3 Å². The SMILES string of the molecule is CC.CCC(C)CN(C)Sc1ccc(N(C)C(=O)OC(C)(C)C)cc1.CCCCCN(C)C=O. The maximum atomic E-state index is 12.1. The van der Waals surface area contributed by atoms with Crippen molar-refractivity contribution >= 4 is 30.1 Å². The second kappa shape index (κ2) is 19.6. The van der Waals surface area contributed by atoms with E-state index in [2.05, 4.69) is 32.1 Å². The Morgan fingerprint density at radius 3 is 2.06 bits per heavy atom. The summed E-state index contributed by atoms with van der Waals surface area (Å²) in [5.74, 6) is 0.685. The lowest BCUT2D eigenvalue weighted by Gasteiger charge is -2.25. The largest absolute Gasteiger partial charge is 0.443 e. The molecule has 1 atom stereocenters. The van der Waals surface area contributed by atoms with Crippen LogP contribution in [0, 0.1) is 5.92 Å². The van der Waals surface area contributed by atoms with Crippen molar-refractivity contribution in [2.24, 2.45) is 5.92 Å². The lowest BCUT2D eigenvalue weighted by Crippen LogP contribution is -2.34. The van der Waals surface area contributed by atoms with Gasteiger partial charge < -0.3 is 9.64 Å². The summed E-state index contributed by atoms with van der Waals surface area (Å²) in [6.07, 6.45) is 5.28. The van der Waals surface area contributed by atoms with Crippen molar-refractivity contribution in [2.75, 3.05) is 39.1 Å². The summed E-state index contributed by atoms with van der Waals surface area (Å²) in [5, 5.41) is 0. The molecule has 0 fully saturated rings. The number of rotatable bonds is 11. The first-order valence-electron chi connectivity index (χ1n) is 12.5. The van der Waals surface area contributed by atoms with Crippen molar-refractivity contribution in [3.63, 3.8) is 0 Å². The van der Waals surface area contributed by atoms with Crippen LogP contribution in [-0.2, 0) is 9.53 Å². The number of nitrogens with zero attached hydrogens (tertiary/aromatic N) is 3. The average molecular weight is 498 g/mol. The molecule has 7 heteroatoms. The molecule has 2 amide bonds. The third-order valence-corrected chi connectivity index (χ3v) is 5.66. The number of carbonyl (C=O) groups excluding carboxylic acids is 2. The number of benzene rings is 1. The van der Waals surface area contributed by atoms with Crippen LogP contribution in [0.5, 0.6) is 0 Å². The lowest BCUT2D eigenvalue weighted by atomic mass is 10.1. The van der Waals surface area contributed by atoms with E-state index >= 15 is 0 Å². The van der Waals surface area contributed by atoms with Crippen LogP contribution in [0.1, 0.15) is 81.1 Å². The van der Waals surface area contributed by atoms with Crippen molar-refractivity contribution < 1.29 is 14.3 Å². The fraction of sp³-hybridized carbons (Fsp3) is 0.704. The van der Waals surface area contributed by atoms with E-state index in [0.717, 1.165) is 36.5 Å². The molecule has 0 radical (unpaired) electrons. The minimum atomic E-state index is -0.486. The fourth-order valence-electron chi connectivity index (χ4n) is 2.62. The van der Waals surface area contributed by atoms with Gasteiger partial charge in [-0.3, -0.25) is 9.69 Å². The number of hydrogen-bond donors (Lipinski definition) is 0. The smallest absolute Gasteiger partial charge is 0.414 e. The van der Waals surface area contributed by atoms with Crippen LogP contribution in [0.3, 0.4) is 0 Å². The van der Waals surface area contributed by atoms with Gasteiger partial charge in [-0.1, -0.05) is 53.9 Å². The maximum absolute atomic E-state index is 12.1. The highest BCUT2D eigenvalue weighted by Crippen LogP contribution is 2.25. The molecule has 0 spiro atoms. The van der Waals surface area contributed by atoms with Gasteiger partial charge in [0.25, 0.3) is 0 Å². The molecule has 0 aliphatic heterocycles. The zero-order valence-electron chi connectivity index (χ0n) is 23.7. The molecule has 6 nitrogen and oxygen atoms in total. The summed E-state index contributed by atoms with van der Waals surface area (Å²) >= 11 is 1.72. The van der Waals surface area contributed by atoms with Crippen LogP contribution in [-0.4, -0.2) is 61.5 Å². The Hall–Kier alpha value is -1.73. The van der Waals surface area contributed by atoms with Gasteiger partial charge in [0.1, 0.15) is 5.60 Å². The molecule has 0 aliphatic rings. The molecule has 1 unspecified atom stereocenters. The Labute approximate surface area is 214 Å².